The van der Waals surface area contributed by atoms with Crippen molar-refractivity contribution in [3.63, 3.8) is 0 Å². The topological polar surface area (TPSA) is 27.1 Å². The SMILES string of the molecule is CC.CCn1ccc(C2CCOCC2)n1. The molecule has 0 saturated carbocycles. The van der Waals surface area contributed by atoms with Gasteiger partial charge in [0, 0.05) is 31.9 Å². The van der Waals surface area contributed by atoms with Crippen LogP contribution in [0, 0.1) is 0 Å². The van der Waals surface area contributed by atoms with Crippen LogP contribution in [0.5, 0.6) is 0 Å². The van der Waals surface area contributed by atoms with Gasteiger partial charge in [-0.2, -0.15) is 5.10 Å². The molecule has 1 aliphatic heterocycles. The van der Waals surface area contributed by atoms with Gasteiger partial charge in [0.1, 0.15) is 0 Å². The molecule has 2 heterocycles. The molecule has 1 saturated heterocycles. The van der Waals surface area contributed by atoms with E-state index < -0.39 is 0 Å². The van der Waals surface area contributed by atoms with E-state index in [2.05, 4.69) is 24.3 Å². The van der Waals surface area contributed by atoms with Crippen molar-refractivity contribution in [1.82, 2.24) is 9.78 Å². The summed E-state index contributed by atoms with van der Waals surface area (Å²) in [6.07, 6.45) is 4.31. The van der Waals surface area contributed by atoms with Gasteiger partial charge in [0.2, 0.25) is 0 Å². The van der Waals surface area contributed by atoms with Crippen LogP contribution in [-0.2, 0) is 11.3 Å². The van der Waals surface area contributed by atoms with Crippen LogP contribution in [-0.4, -0.2) is 23.0 Å². The van der Waals surface area contributed by atoms with E-state index in [4.69, 9.17) is 4.74 Å². The third-order valence-electron chi connectivity index (χ3n) is 2.62. The molecule has 0 radical (unpaired) electrons. The van der Waals surface area contributed by atoms with Crippen molar-refractivity contribution in [2.24, 2.45) is 0 Å². The van der Waals surface area contributed by atoms with E-state index >= 15 is 0 Å². The van der Waals surface area contributed by atoms with Crippen molar-refractivity contribution in [3.05, 3.63) is 18.0 Å². The van der Waals surface area contributed by atoms with Crippen molar-refractivity contribution in [1.29, 1.82) is 0 Å². The Morgan fingerprint density at radius 2 is 2.07 bits per heavy atom. The number of ether oxygens (including phenoxy) is 1. The molecule has 0 atom stereocenters. The van der Waals surface area contributed by atoms with E-state index in [1.165, 1.54) is 5.69 Å². The molecule has 86 valence electrons. The summed E-state index contributed by atoms with van der Waals surface area (Å²) < 4.78 is 7.31. The molecular formula is C12H22N2O. The molecule has 0 bridgehead atoms. The first-order valence-electron chi connectivity index (χ1n) is 6.01. The van der Waals surface area contributed by atoms with E-state index in [1.54, 1.807) is 0 Å². The first kappa shape index (κ1) is 12.2. The van der Waals surface area contributed by atoms with E-state index in [1.807, 2.05) is 18.5 Å². The van der Waals surface area contributed by atoms with Gasteiger partial charge in [-0.1, -0.05) is 13.8 Å². The molecule has 0 aromatic carbocycles. The molecule has 2 rings (SSSR count). The van der Waals surface area contributed by atoms with Crippen LogP contribution in [0.25, 0.3) is 0 Å². The van der Waals surface area contributed by atoms with Gasteiger partial charge in [0.25, 0.3) is 0 Å². The molecule has 15 heavy (non-hydrogen) atoms. The number of aryl methyl sites for hydroxylation is 1. The summed E-state index contributed by atoms with van der Waals surface area (Å²) in [5.41, 5.74) is 1.24. The fraction of sp³-hybridized carbons (Fsp3) is 0.750. The van der Waals surface area contributed by atoms with Crippen LogP contribution in [0.4, 0.5) is 0 Å². The second-order valence-corrected chi connectivity index (χ2v) is 3.48. The van der Waals surface area contributed by atoms with E-state index in [0.29, 0.717) is 5.92 Å². The minimum Gasteiger partial charge on any atom is -0.381 e. The lowest BCUT2D eigenvalue weighted by atomic mass is 9.97. The van der Waals surface area contributed by atoms with Crippen LogP contribution in [0.15, 0.2) is 12.3 Å². The van der Waals surface area contributed by atoms with Gasteiger partial charge in [-0.25, -0.2) is 0 Å². The molecule has 3 nitrogen and oxygen atoms in total. The zero-order valence-corrected chi connectivity index (χ0v) is 10.1. The Hall–Kier alpha value is -0.830. The summed E-state index contributed by atoms with van der Waals surface area (Å²) in [4.78, 5) is 0. The summed E-state index contributed by atoms with van der Waals surface area (Å²) in [6.45, 7) is 8.86. The van der Waals surface area contributed by atoms with Crippen molar-refractivity contribution in [2.45, 2.75) is 46.1 Å². The summed E-state index contributed by atoms with van der Waals surface area (Å²) in [5.74, 6) is 0.626. The lowest BCUT2D eigenvalue weighted by Crippen LogP contribution is -2.14. The van der Waals surface area contributed by atoms with Crippen LogP contribution < -0.4 is 0 Å². The van der Waals surface area contributed by atoms with Crippen molar-refractivity contribution in [2.75, 3.05) is 13.2 Å². The Kier molecular flexibility index (Phi) is 5.40. The second kappa shape index (κ2) is 6.62. The Balaban J connectivity index is 0.000000531. The lowest BCUT2D eigenvalue weighted by Gasteiger charge is -2.19. The predicted octanol–water partition coefficient (Wildman–Crippen LogP) is 2.82. The standard InChI is InChI=1S/C10H16N2O.C2H6/c1-2-12-6-3-10(11-12)9-4-7-13-8-5-9;1-2/h3,6,9H,2,4-5,7-8H2,1H3;1-2H3. The molecular weight excluding hydrogens is 188 g/mol. The summed E-state index contributed by atoms with van der Waals surface area (Å²) in [6, 6.07) is 2.14. The predicted molar refractivity (Wildman–Crippen MR) is 62.0 cm³/mol. The first-order chi connectivity index (χ1) is 7.40. The number of aromatic nitrogens is 2. The first-order valence-corrected chi connectivity index (χ1v) is 6.01. The van der Waals surface area contributed by atoms with Gasteiger partial charge in [0.15, 0.2) is 0 Å². The Bertz CT molecular complexity index is 264. The smallest absolute Gasteiger partial charge is 0.0657 e. The third kappa shape index (κ3) is 3.34. The zero-order valence-electron chi connectivity index (χ0n) is 10.1. The third-order valence-corrected chi connectivity index (χ3v) is 2.62. The molecule has 1 aliphatic rings. The maximum atomic E-state index is 5.32. The molecule has 0 N–H and O–H groups in total. The van der Waals surface area contributed by atoms with Gasteiger partial charge in [-0.05, 0) is 25.8 Å². The van der Waals surface area contributed by atoms with Crippen LogP contribution >= 0.6 is 0 Å². The number of hydrogen-bond donors (Lipinski definition) is 0. The largest absolute Gasteiger partial charge is 0.381 e. The highest BCUT2D eigenvalue weighted by Crippen LogP contribution is 2.24. The molecule has 0 unspecified atom stereocenters. The van der Waals surface area contributed by atoms with E-state index in [9.17, 15) is 0 Å². The molecule has 1 aromatic rings. The maximum Gasteiger partial charge on any atom is 0.0657 e. The highest BCUT2D eigenvalue weighted by Gasteiger charge is 2.17. The Morgan fingerprint density at radius 1 is 1.40 bits per heavy atom. The van der Waals surface area contributed by atoms with Crippen molar-refractivity contribution in [3.8, 4) is 0 Å². The fourth-order valence-corrected chi connectivity index (χ4v) is 1.76. The second-order valence-electron chi connectivity index (χ2n) is 3.48. The highest BCUT2D eigenvalue weighted by atomic mass is 16.5. The molecule has 0 spiro atoms. The summed E-state index contributed by atoms with van der Waals surface area (Å²) >= 11 is 0. The average Bonchev–Trinajstić information content (AvgIpc) is 2.81. The summed E-state index contributed by atoms with van der Waals surface area (Å²) in [7, 11) is 0. The number of hydrogen-bond acceptors (Lipinski definition) is 2. The number of rotatable bonds is 2. The molecule has 3 heteroatoms. The van der Waals surface area contributed by atoms with E-state index in [0.717, 1.165) is 32.6 Å². The summed E-state index contributed by atoms with van der Waals surface area (Å²) in [5, 5.41) is 4.51. The van der Waals surface area contributed by atoms with Gasteiger partial charge >= 0.3 is 0 Å². The molecule has 1 fully saturated rings. The van der Waals surface area contributed by atoms with Crippen LogP contribution in [0.3, 0.4) is 0 Å². The van der Waals surface area contributed by atoms with Gasteiger partial charge < -0.3 is 4.74 Å². The Labute approximate surface area is 92.4 Å². The minimum absolute atomic E-state index is 0.626. The Morgan fingerprint density at radius 3 is 2.60 bits per heavy atom. The van der Waals surface area contributed by atoms with Gasteiger partial charge in [-0.15, -0.1) is 0 Å². The van der Waals surface area contributed by atoms with Crippen molar-refractivity contribution >= 4 is 0 Å². The van der Waals surface area contributed by atoms with E-state index in [-0.39, 0.29) is 0 Å². The maximum absolute atomic E-state index is 5.32. The quantitative estimate of drug-likeness (QED) is 0.750. The van der Waals surface area contributed by atoms with Crippen LogP contribution in [0.2, 0.25) is 0 Å². The van der Waals surface area contributed by atoms with Crippen molar-refractivity contribution < 1.29 is 4.74 Å². The van der Waals surface area contributed by atoms with Gasteiger partial charge in [0.05, 0.1) is 5.69 Å². The number of nitrogens with zero attached hydrogens (tertiary/aromatic N) is 2. The molecule has 0 aliphatic carbocycles. The van der Waals surface area contributed by atoms with Crippen LogP contribution in [0.1, 0.15) is 45.2 Å². The molecule has 1 aromatic heterocycles. The fourth-order valence-electron chi connectivity index (χ4n) is 1.76. The minimum atomic E-state index is 0.626. The zero-order chi connectivity index (χ0) is 11.1. The monoisotopic (exact) mass is 210 g/mol. The average molecular weight is 210 g/mol. The normalized spacial score (nSPS) is 17.0. The lowest BCUT2D eigenvalue weighted by molar-refractivity contribution is 0.0843. The van der Waals surface area contributed by atoms with Gasteiger partial charge in [-0.3, -0.25) is 4.68 Å². The molecule has 0 amide bonds. The highest BCUT2D eigenvalue weighted by molar-refractivity contribution is 5.06.